The summed E-state index contributed by atoms with van der Waals surface area (Å²) in [7, 11) is 0. The molecule has 0 unspecified atom stereocenters. The van der Waals surface area contributed by atoms with E-state index in [-0.39, 0.29) is 5.91 Å². The second kappa shape index (κ2) is 8.27. The Morgan fingerprint density at radius 2 is 1.69 bits per heavy atom. The standard InChI is InChI=1S/C24H23NO4/c1-3-27-21-11-9-16(13-22(21)28-4-2)15-25-24(26)23-14-19-18-8-6-5-7-17(18)10-12-20(19)29-23/h5-14H,3-4,15H2,1-2H3,(H,25,26). The van der Waals surface area contributed by atoms with Crippen molar-refractivity contribution in [2.75, 3.05) is 13.2 Å². The Bertz CT molecular complexity index is 1160. The molecule has 5 heteroatoms. The van der Waals surface area contributed by atoms with Gasteiger partial charge in [0.05, 0.1) is 13.2 Å². The van der Waals surface area contributed by atoms with Gasteiger partial charge in [-0.2, -0.15) is 0 Å². The number of ether oxygens (including phenoxy) is 2. The molecule has 3 aromatic carbocycles. The first-order valence-corrected chi connectivity index (χ1v) is 9.77. The lowest BCUT2D eigenvalue weighted by Crippen LogP contribution is -2.22. The Hall–Kier alpha value is -3.47. The van der Waals surface area contributed by atoms with E-state index in [0.29, 0.717) is 42.6 Å². The molecule has 0 aliphatic rings. The average Bonchev–Trinajstić information content (AvgIpc) is 3.19. The molecule has 0 saturated heterocycles. The van der Waals surface area contributed by atoms with Crippen molar-refractivity contribution < 1.29 is 18.7 Å². The fourth-order valence-corrected chi connectivity index (χ4v) is 3.38. The van der Waals surface area contributed by atoms with E-state index in [1.807, 2.05) is 68.4 Å². The summed E-state index contributed by atoms with van der Waals surface area (Å²) in [5.74, 6) is 1.43. The van der Waals surface area contributed by atoms with Crippen LogP contribution in [-0.2, 0) is 6.54 Å². The molecule has 5 nitrogen and oxygen atoms in total. The zero-order valence-corrected chi connectivity index (χ0v) is 16.5. The van der Waals surface area contributed by atoms with Gasteiger partial charge >= 0.3 is 0 Å². The van der Waals surface area contributed by atoms with Crippen LogP contribution < -0.4 is 14.8 Å². The molecule has 1 heterocycles. The molecule has 0 spiro atoms. The number of carbonyl (C=O) groups is 1. The van der Waals surface area contributed by atoms with Gasteiger partial charge in [0, 0.05) is 11.9 Å². The van der Waals surface area contributed by atoms with Crippen LogP contribution in [0, 0.1) is 0 Å². The zero-order chi connectivity index (χ0) is 20.2. The number of nitrogens with one attached hydrogen (secondary N) is 1. The molecule has 1 N–H and O–H groups in total. The number of fused-ring (bicyclic) bond motifs is 3. The van der Waals surface area contributed by atoms with Gasteiger partial charge in [-0.05, 0) is 54.4 Å². The Balaban J connectivity index is 1.52. The van der Waals surface area contributed by atoms with Crippen LogP contribution in [0.3, 0.4) is 0 Å². The minimum Gasteiger partial charge on any atom is -0.490 e. The van der Waals surface area contributed by atoms with Crippen LogP contribution in [0.2, 0.25) is 0 Å². The molecule has 0 atom stereocenters. The first-order valence-electron chi connectivity index (χ1n) is 9.77. The number of rotatable bonds is 7. The van der Waals surface area contributed by atoms with Crippen LogP contribution in [0.5, 0.6) is 11.5 Å². The van der Waals surface area contributed by atoms with Gasteiger partial charge in [0.25, 0.3) is 5.91 Å². The predicted octanol–water partition coefficient (Wildman–Crippen LogP) is 5.31. The van der Waals surface area contributed by atoms with Crippen LogP contribution >= 0.6 is 0 Å². The monoisotopic (exact) mass is 389 g/mol. The summed E-state index contributed by atoms with van der Waals surface area (Å²) in [6, 6.07) is 19.4. The highest BCUT2D eigenvalue weighted by Crippen LogP contribution is 2.29. The molecule has 0 fully saturated rings. The van der Waals surface area contributed by atoms with Gasteiger partial charge in [0.2, 0.25) is 0 Å². The molecular formula is C24H23NO4. The van der Waals surface area contributed by atoms with Crippen molar-refractivity contribution in [2.45, 2.75) is 20.4 Å². The first kappa shape index (κ1) is 18.9. The molecule has 0 aliphatic carbocycles. The summed E-state index contributed by atoms with van der Waals surface area (Å²) in [5.41, 5.74) is 1.63. The SMILES string of the molecule is CCOc1ccc(CNC(=O)c2cc3c(ccc4ccccc43)o2)cc1OCC. The summed E-state index contributed by atoms with van der Waals surface area (Å²) < 4.78 is 17.0. The van der Waals surface area contributed by atoms with Gasteiger partial charge in [-0.15, -0.1) is 0 Å². The lowest BCUT2D eigenvalue weighted by molar-refractivity contribution is 0.0925. The molecule has 0 saturated carbocycles. The van der Waals surface area contributed by atoms with E-state index >= 15 is 0 Å². The van der Waals surface area contributed by atoms with Crippen molar-refractivity contribution >= 4 is 27.6 Å². The third-order valence-electron chi connectivity index (χ3n) is 4.71. The third-order valence-corrected chi connectivity index (χ3v) is 4.71. The highest BCUT2D eigenvalue weighted by atomic mass is 16.5. The maximum atomic E-state index is 12.6. The Labute approximate surface area is 169 Å². The van der Waals surface area contributed by atoms with Crippen LogP contribution in [0.4, 0.5) is 0 Å². The minimum absolute atomic E-state index is 0.253. The molecular weight excluding hydrogens is 366 g/mol. The van der Waals surface area contributed by atoms with Gasteiger partial charge in [-0.3, -0.25) is 4.79 Å². The van der Waals surface area contributed by atoms with E-state index in [0.717, 1.165) is 21.7 Å². The van der Waals surface area contributed by atoms with Crippen molar-refractivity contribution in [2.24, 2.45) is 0 Å². The van der Waals surface area contributed by atoms with Gasteiger partial charge in [0.15, 0.2) is 17.3 Å². The molecule has 148 valence electrons. The highest BCUT2D eigenvalue weighted by molar-refractivity contribution is 6.08. The largest absolute Gasteiger partial charge is 0.490 e. The van der Waals surface area contributed by atoms with Crippen molar-refractivity contribution in [3.63, 3.8) is 0 Å². The van der Waals surface area contributed by atoms with E-state index in [9.17, 15) is 4.79 Å². The second-order valence-electron chi connectivity index (χ2n) is 6.64. The van der Waals surface area contributed by atoms with Crippen LogP contribution in [0.25, 0.3) is 21.7 Å². The Morgan fingerprint density at radius 1 is 0.897 bits per heavy atom. The number of benzene rings is 3. The number of hydrogen-bond donors (Lipinski definition) is 1. The Morgan fingerprint density at radius 3 is 2.52 bits per heavy atom. The number of hydrogen-bond acceptors (Lipinski definition) is 4. The van der Waals surface area contributed by atoms with Crippen molar-refractivity contribution in [1.82, 2.24) is 5.32 Å². The van der Waals surface area contributed by atoms with Crippen molar-refractivity contribution in [1.29, 1.82) is 0 Å². The molecule has 0 bridgehead atoms. The van der Waals surface area contributed by atoms with Gasteiger partial charge in [0.1, 0.15) is 5.58 Å². The maximum Gasteiger partial charge on any atom is 0.287 e. The summed E-state index contributed by atoms with van der Waals surface area (Å²) in [6.07, 6.45) is 0. The summed E-state index contributed by atoms with van der Waals surface area (Å²) in [5, 5.41) is 6.04. The van der Waals surface area contributed by atoms with Gasteiger partial charge < -0.3 is 19.2 Å². The summed E-state index contributed by atoms with van der Waals surface area (Å²) >= 11 is 0. The van der Waals surface area contributed by atoms with Crippen LogP contribution in [-0.4, -0.2) is 19.1 Å². The topological polar surface area (TPSA) is 60.7 Å². The van der Waals surface area contributed by atoms with Crippen molar-refractivity contribution in [3.8, 4) is 11.5 Å². The van der Waals surface area contributed by atoms with Gasteiger partial charge in [-0.1, -0.05) is 36.4 Å². The fourth-order valence-electron chi connectivity index (χ4n) is 3.38. The van der Waals surface area contributed by atoms with Crippen molar-refractivity contribution in [3.05, 3.63) is 72.0 Å². The fraction of sp³-hybridized carbons (Fsp3) is 0.208. The quantitative estimate of drug-likeness (QED) is 0.465. The molecule has 1 amide bonds. The molecule has 0 aliphatic heterocycles. The highest BCUT2D eigenvalue weighted by Gasteiger charge is 2.14. The van der Waals surface area contributed by atoms with Gasteiger partial charge in [-0.25, -0.2) is 0 Å². The Kier molecular flexibility index (Phi) is 5.38. The number of amides is 1. The van der Waals surface area contributed by atoms with E-state index in [4.69, 9.17) is 13.9 Å². The minimum atomic E-state index is -0.253. The van der Waals surface area contributed by atoms with E-state index in [1.165, 1.54) is 0 Å². The lowest BCUT2D eigenvalue weighted by atomic mass is 10.1. The van der Waals surface area contributed by atoms with E-state index in [2.05, 4.69) is 5.32 Å². The third kappa shape index (κ3) is 3.90. The smallest absolute Gasteiger partial charge is 0.287 e. The molecule has 1 aromatic heterocycles. The maximum absolute atomic E-state index is 12.6. The first-order chi connectivity index (χ1) is 14.2. The summed E-state index contributed by atoms with van der Waals surface area (Å²) in [4.78, 5) is 12.6. The second-order valence-corrected chi connectivity index (χ2v) is 6.64. The molecule has 4 rings (SSSR count). The normalized spacial score (nSPS) is 11.0. The molecule has 4 aromatic rings. The van der Waals surface area contributed by atoms with E-state index < -0.39 is 0 Å². The number of carbonyl (C=O) groups excluding carboxylic acids is 1. The van der Waals surface area contributed by atoms with Crippen LogP contribution in [0.15, 0.2) is 65.1 Å². The number of furan rings is 1. The molecule has 29 heavy (non-hydrogen) atoms. The van der Waals surface area contributed by atoms with Crippen LogP contribution in [0.1, 0.15) is 30.0 Å². The predicted molar refractivity (Wildman–Crippen MR) is 114 cm³/mol. The average molecular weight is 389 g/mol. The zero-order valence-electron chi connectivity index (χ0n) is 16.5. The lowest BCUT2D eigenvalue weighted by Gasteiger charge is -2.12. The van der Waals surface area contributed by atoms with E-state index in [1.54, 1.807) is 6.07 Å². The molecule has 0 radical (unpaired) electrons. The summed E-state index contributed by atoms with van der Waals surface area (Å²) in [6.45, 7) is 5.33.